The lowest BCUT2D eigenvalue weighted by atomic mass is 10.0. The van der Waals surface area contributed by atoms with Crippen molar-refractivity contribution in [2.24, 2.45) is 5.92 Å². The quantitative estimate of drug-likeness (QED) is 0.778. The van der Waals surface area contributed by atoms with Crippen LogP contribution in [-0.2, 0) is 0 Å². The van der Waals surface area contributed by atoms with E-state index in [0.717, 1.165) is 12.8 Å². The molecule has 0 heterocycles. The first-order valence-electron chi connectivity index (χ1n) is 4.67. The SMILES string of the molecule is O=C(c1ccccc1Cl)C(O)C1CC1. The molecule has 3 heteroatoms. The van der Waals surface area contributed by atoms with E-state index < -0.39 is 6.10 Å². The van der Waals surface area contributed by atoms with Crippen LogP contribution in [0.2, 0.25) is 5.02 Å². The second-order valence-corrected chi connectivity index (χ2v) is 4.03. The minimum absolute atomic E-state index is 0.152. The van der Waals surface area contributed by atoms with E-state index in [1.165, 1.54) is 0 Å². The third kappa shape index (κ3) is 1.81. The average molecular weight is 211 g/mol. The van der Waals surface area contributed by atoms with Crippen molar-refractivity contribution in [1.82, 2.24) is 0 Å². The van der Waals surface area contributed by atoms with Crippen LogP contribution in [0.3, 0.4) is 0 Å². The lowest BCUT2D eigenvalue weighted by Gasteiger charge is -2.08. The predicted molar refractivity (Wildman–Crippen MR) is 54.5 cm³/mol. The van der Waals surface area contributed by atoms with E-state index >= 15 is 0 Å². The number of aliphatic hydroxyl groups is 1. The van der Waals surface area contributed by atoms with Gasteiger partial charge in [-0.15, -0.1) is 0 Å². The summed E-state index contributed by atoms with van der Waals surface area (Å²) in [5.41, 5.74) is 0.425. The largest absolute Gasteiger partial charge is 0.385 e. The van der Waals surface area contributed by atoms with Gasteiger partial charge in [0.05, 0.1) is 5.02 Å². The summed E-state index contributed by atoms with van der Waals surface area (Å²) in [6.45, 7) is 0. The molecule has 14 heavy (non-hydrogen) atoms. The molecule has 1 unspecified atom stereocenters. The summed E-state index contributed by atoms with van der Waals surface area (Å²) in [7, 11) is 0. The van der Waals surface area contributed by atoms with E-state index in [-0.39, 0.29) is 11.7 Å². The molecule has 1 aromatic carbocycles. The topological polar surface area (TPSA) is 37.3 Å². The van der Waals surface area contributed by atoms with Gasteiger partial charge in [0.1, 0.15) is 6.10 Å². The van der Waals surface area contributed by atoms with E-state index in [0.29, 0.717) is 10.6 Å². The van der Waals surface area contributed by atoms with Gasteiger partial charge in [-0.25, -0.2) is 0 Å². The predicted octanol–water partition coefficient (Wildman–Crippen LogP) is 2.29. The minimum atomic E-state index is -0.866. The summed E-state index contributed by atoms with van der Waals surface area (Å²) < 4.78 is 0. The molecule has 0 radical (unpaired) electrons. The lowest BCUT2D eigenvalue weighted by molar-refractivity contribution is 0.0704. The fraction of sp³-hybridized carbons (Fsp3) is 0.364. The van der Waals surface area contributed by atoms with E-state index in [1.54, 1.807) is 24.3 Å². The molecule has 1 saturated carbocycles. The number of hydrogen-bond donors (Lipinski definition) is 1. The second kappa shape index (κ2) is 3.71. The van der Waals surface area contributed by atoms with Crippen molar-refractivity contribution in [1.29, 1.82) is 0 Å². The van der Waals surface area contributed by atoms with Crippen molar-refractivity contribution in [3.63, 3.8) is 0 Å². The molecule has 1 aliphatic carbocycles. The first kappa shape index (κ1) is 9.69. The van der Waals surface area contributed by atoms with Crippen LogP contribution in [0.4, 0.5) is 0 Å². The Kier molecular flexibility index (Phi) is 2.57. The van der Waals surface area contributed by atoms with E-state index in [2.05, 4.69) is 0 Å². The Labute approximate surface area is 87.5 Å². The van der Waals surface area contributed by atoms with Crippen LogP contribution < -0.4 is 0 Å². The molecule has 0 bridgehead atoms. The van der Waals surface area contributed by atoms with Crippen LogP contribution in [0.1, 0.15) is 23.2 Å². The fourth-order valence-electron chi connectivity index (χ4n) is 1.45. The number of aliphatic hydroxyl groups excluding tert-OH is 1. The van der Waals surface area contributed by atoms with Gasteiger partial charge in [-0.3, -0.25) is 4.79 Å². The molecule has 1 atom stereocenters. The van der Waals surface area contributed by atoms with Crippen molar-refractivity contribution in [3.8, 4) is 0 Å². The fourth-order valence-corrected chi connectivity index (χ4v) is 1.68. The molecule has 1 aliphatic rings. The highest BCUT2D eigenvalue weighted by molar-refractivity contribution is 6.34. The molecule has 0 saturated heterocycles. The standard InChI is InChI=1S/C11H11ClO2/c12-9-4-2-1-3-8(9)11(14)10(13)7-5-6-7/h1-4,7,10,13H,5-6H2. The minimum Gasteiger partial charge on any atom is -0.385 e. The van der Waals surface area contributed by atoms with Gasteiger partial charge in [-0.2, -0.15) is 0 Å². The Hall–Kier alpha value is -0.860. The third-order valence-corrected chi connectivity index (χ3v) is 2.81. The second-order valence-electron chi connectivity index (χ2n) is 3.63. The zero-order chi connectivity index (χ0) is 10.1. The van der Waals surface area contributed by atoms with Gasteiger partial charge < -0.3 is 5.11 Å². The summed E-state index contributed by atoms with van der Waals surface area (Å²) in [5.74, 6) is -0.100. The van der Waals surface area contributed by atoms with Crippen LogP contribution >= 0.6 is 11.6 Å². The first-order chi connectivity index (χ1) is 6.70. The number of Topliss-reactive ketones (excluding diaryl/α,β-unsaturated/α-hetero) is 1. The molecule has 1 aromatic rings. The van der Waals surface area contributed by atoms with Crippen LogP contribution in [0.25, 0.3) is 0 Å². The zero-order valence-electron chi connectivity index (χ0n) is 7.61. The maximum atomic E-state index is 11.7. The number of benzene rings is 1. The first-order valence-corrected chi connectivity index (χ1v) is 5.05. The molecule has 0 spiro atoms. The molecule has 2 rings (SSSR count). The molecule has 1 N–H and O–H groups in total. The molecular formula is C11H11ClO2. The van der Waals surface area contributed by atoms with E-state index in [1.807, 2.05) is 0 Å². The van der Waals surface area contributed by atoms with Crippen LogP contribution in [0.15, 0.2) is 24.3 Å². The molecule has 1 fully saturated rings. The molecular weight excluding hydrogens is 200 g/mol. The maximum absolute atomic E-state index is 11.7. The Morgan fingerprint density at radius 3 is 2.64 bits per heavy atom. The van der Waals surface area contributed by atoms with Gasteiger partial charge in [-0.1, -0.05) is 23.7 Å². The van der Waals surface area contributed by atoms with Crippen LogP contribution in [-0.4, -0.2) is 17.0 Å². The molecule has 0 aromatic heterocycles. The summed E-state index contributed by atoms with van der Waals surface area (Å²) in [4.78, 5) is 11.7. The summed E-state index contributed by atoms with van der Waals surface area (Å²) in [6, 6.07) is 6.83. The lowest BCUT2D eigenvalue weighted by Crippen LogP contribution is -2.22. The Balaban J connectivity index is 2.21. The molecule has 0 amide bonds. The summed E-state index contributed by atoms with van der Waals surface area (Å²) in [6.07, 6.45) is 1.02. The highest BCUT2D eigenvalue weighted by Crippen LogP contribution is 2.34. The average Bonchev–Trinajstić information content (AvgIpc) is 3.00. The van der Waals surface area contributed by atoms with Gasteiger partial charge in [0.2, 0.25) is 0 Å². The van der Waals surface area contributed by atoms with E-state index in [9.17, 15) is 9.90 Å². The van der Waals surface area contributed by atoms with Crippen molar-refractivity contribution < 1.29 is 9.90 Å². The molecule has 2 nitrogen and oxygen atoms in total. The Morgan fingerprint density at radius 1 is 1.43 bits per heavy atom. The van der Waals surface area contributed by atoms with E-state index in [4.69, 9.17) is 11.6 Å². The van der Waals surface area contributed by atoms with Crippen molar-refractivity contribution in [2.75, 3.05) is 0 Å². The molecule has 0 aliphatic heterocycles. The highest BCUT2D eigenvalue weighted by atomic mass is 35.5. The monoisotopic (exact) mass is 210 g/mol. The third-order valence-electron chi connectivity index (χ3n) is 2.48. The van der Waals surface area contributed by atoms with Crippen molar-refractivity contribution in [3.05, 3.63) is 34.9 Å². The number of carbonyl (C=O) groups excluding carboxylic acids is 1. The number of halogens is 1. The smallest absolute Gasteiger partial charge is 0.193 e. The maximum Gasteiger partial charge on any atom is 0.193 e. The number of hydrogen-bond acceptors (Lipinski definition) is 2. The van der Waals surface area contributed by atoms with Crippen LogP contribution in [0.5, 0.6) is 0 Å². The zero-order valence-corrected chi connectivity index (χ0v) is 8.37. The number of ketones is 1. The van der Waals surface area contributed by atoms with Crippen LogP contribution in [0, 0.1) is 5.92 Å². The Morgan fingerprint density at radius 2 is 2.07 bits per heavy atom. The van der Waals surface area contributed by atoms with Gasteiger partial charge in [0.15, 0.2) is 5.78 Å². The van der Waals surface area contributed by atoms with Gasteiger partial charge in [-0.05, 0) is 30.9 Å². The number of carbonyl (C=O) groups is 1. The van der Waals surface area contributed by atoms with Crippen molar-refractivity contribution >= 4 is 17.4 Å². The molecule has 74 valence electrons. The summed E-state index contributed by atoms with van der Waals surface area (Å²) in [5, 5.41) is 10.0. The van der Waals surface area contributed by atoms with Gasteiger partial charge in [0.25, 0.3) is 0 Å². The van der Waals surface area contributed by atoms with Crippen molar-refractivity contribution in [2.45, 2.75) is 18.9 Å². The summed E-state index contributed by atoms with van der Waals surface area (Å²) >= 11 is 5.86. The normalized spacial score (nSPS) is 17.9. The number of rotatable bonds is 3. The van der Waals surface area contributed by atoms with Gasteiger partial charge in [0, 0.05) is 5.56 Å². The Bertz CT molecular complexity index is 358. The highest BCUT2D eigenvalue weighted by Gasteiger charge is 2.35. The van der Waals surface area contributed by atoms with Gasteiger partial charge >= 0.3 is 0 Å².